The topological polar surface area (TPSA) is 93.7 Å². The highest BCUT2D eigenvalue weighted by Gasteiger charge is 2.45. The number of ether oxygens (including phenoxy) is 2. The molecule has 0 bridgehead atoms. The van der Waals surface area contributed by atoms with Gasteiger partial charge >= 0.3 is 6.18 Å². The van der Waals surface area contributed by atoms with E-state index in [1.165, 1.54) is 27.0 Å². The molecule has 0 saturated carbocycles. The molecule has 3 rings (SSSR count). The lowest BCUT2D eigenvalue weighted by Crippen LogP contribution is -2.56. The van der Waals surface area contributed by atoms with E-state index in [1.54, 1.807) is 60.7 Å². The zero-order valence-electron chi connectivity index (χ0n) is 23.9. The van der Waals surface area contributed by atoms with Crippen LogP contribution in [0.25, 0.3) is 0 Å². The summed E-state index contributed by atoms with van der Waals surface area (Å²) in [6, 6.07) is 14.5. The van der Waals surface area contributed by atoms with Gasteiger partial charge in [-0.05, 0) is 65.6 Å². The van der Waals surface area contributed by atoms with Gasteiger partial charge in [-0.2, -0.15) is 13.2 Å². The van der Waals surface area contributed by atoms with Crippen molar-refractivity contribution in [1.82, 2.24) is 10.6 Å². The third-order valence-corrected chi connectivity index (χ3v) is 7.50. The van der Waals surface area contributed by atoms with Crippen molar-refractivity contribution < 1.29 is 37.0 Å². The summed E-state index contributed by atoms with van der Waals surface area (Å²) in [5.74, 6) is -3.64. The number of halogens is 6. The number of benzene rings is 3. The second-order valence-electron chi connectivity index (χ2n) is 10.2. The monoisotopic (exact) mass is 672 g/mol. The maximum absolute atomic E-state index is 13.4. The lowest BCUT2D eigenvalue weighted by Gasteiger charge is -2.26. The highest BCUT2D eigenvalue weighted by atomic mass is 35.5. The molecule has 2 unspecified atom stereocenters. The van der Waals surface area contributed by atoms with Crippen LogP contribution in [0.3, 0.4) is 0 Å². The van der Waals surface area contributed by atoms with Crippen LogP contribution in [0, 0.1) is 5.92 Å². The summed E-state index contributed by atoms with van der Waals surface area (Å²) in [6.45, 7) is 2.75. The first-order valence-corrected chi connectivity index (χ1v) is 14.5. The zero-order valence-corrected chi connectivity index (χ0v) is 26.2. The predicted molar refractivity (Wildman–Crippen MR) is 162 cm³/mol. The number of carbonyl (C=O) groups excluding carboxylic acids is 3. The van der Waals surface area contributed by atoms with Crippen molar-refractivity contribution in [2.45, 2.75) is 51.1 Å². The molecule has 0 radical (unpaired) electrons. The third-order valence-electron chi connectivity index (χ3n) is 6.53. The molecule has 236 valence electrons. The van der Waals surface area contributed by atoms with E-state index < -0.39 is 47.9 Å². The van der Waals surface area contributed by atoms with Gasteiger partial charge in [0.15, 0.2) is 0 Å². The Kier molecular flexibility index (Phi) is 12.3. The molecule has 0 aliphatic rings. The Balaban J connectivity index is 1.89. The lowest BCUT2D eigenvalue weighted by atomic mass is 9.97. The molecule has 0 spiro atoms. The Hall–Kier alpha value is -3.47. The molecule has 3 atom stereocenters. The fraction of sp³-hybridized carbons (Fsp3) is 0.323. The number of ketones is 1. The Morgan fingerprint density at radius 2 is 1.52 bits per heavy atom. The van der Waals surface area contributed by atoms with Crippen LogP contribution in [0.15, 0.2) is 66.7 Å². The number of Topliss-reactive ketones (excluding diaryl/α,β-unsaturated/α-hetero) is 1. The molecule has 2 N–H and O–H groups in total. The van der Waals surface area contributed by atoms with Crippen molar-refractivity contribution >= 4 is 52.4 Å². The minimum atomic E-state index is -5.17. The minimum Gasteiger partial charge on any atom is -0.497 e. The van der Waals surface area contributed by atoms with Gasteiger partial charge in [0.2, 0.25) is 11.8 Å². The zero-order chi connectivity index (χ0) is 32.6. The van der Waals surface area contributed by atoms with Crippen LogP contribution in [-0.4, -0.2) is 43.0 Å². The molecule has 3 aromatic carbocycles. The number of nitrogens with one attached hydrogen (secondary N) is 2. The predicted octanol–water partition coefficient (Wildman–Crippen LogP) is 7.17. The van der Waals surface area contributed by atoms with Crippen LogP contribution in [0.4, 0.5) is 13.2 Å². The molecule has 0 aromatic heterocycles. The fourth-order valence-corrected chi connectivity index (χ4v) is 4.77. The van der Waals surface area contributed by atoms with Crippen molar-refractivity contribution in [3.63, 3.8) is 0 Å². The van der Waals surface area contributed by atoms with Crippen molar-refractivity contribution in [2.24, 2.45) is 5.92 Å². The van der Waals surface area contributed by atoms with Gasteiger partial charge in [0.05, 0.1) is 29.6 Å². The maximum atomic E-state index is 13.4. The van der Waals surface area contributed by atoms with E-state index in [1.807, 2.05) is 0 Å². The lowest BCUT2D eigenvalue weighted by molar-refractivity contribution is -0.175. The van der Waals surface area contributed by atoms with Crippen LogP contribution in [0.5, 0.6) is 11.5 Å². The van der Waals surface area contributed by atoms with E-state index in [2.05, 4.69) is 10.6 Å². The molecule has 13 heteroatoms. The number of hydrogen-bond acceptors (Lipinski definition) is 5. The second kappa shape index (κ2) is 15.5. The molecule has 3 aromatic rings. The highest BCUT2D eigenvalue weighted by molar-refractivity contribution is 6.42. The SMILES string of the molecule is COc1ccc(OC(CC(=O)NC(Cc2cccc(Cl)c2)C(=O)N[C@H](C(=O)C(F)(F)F)C(C)C)c2ccc(Cl)c(Cl)c2)cc1. The second-order valence-corrected chi connectivity index (χ2v) is 11.5. The summed E-state index contributed by atoms with van der Waals surface area (Å²) in [4.78, 5) is 38.8. The van der Waals surface area contributed by atoms with Gasteiger partial charge in [0.25, 0.3) is 5.78 Å². The normalized spacial score (nSPS) is 13.5. The molecule has 7 nitrogen and oxygen atoms in total. The quantitative estimate of drug-likeness (QED) is 0.201. The van der Waals surface area contributed by atoms with Gasteiger partial charge in [-0.15, -0.1) is 0 Å². The average molecular weight is 674 g/mol. The van der Waals surface area contributed by atoms with Crippen molar-refractivity contribution in [1.29, 1.82) is 0 Å². The Morgan fingerprint density at radius 1 is 0.864 bits per heavy atom. The molecule has 0 heterocycles. The molecular formula is C31H30Cl3F3N2O5. The average Bonchev–Trinajstić information content (AvgIpc) is 2.96. The number of methoxy groups -OCH3 is 1. The Labute approximate surface area is 268 Å². The molecule has 2 amide bonds. The summed E-state index contributed by atoms with van der Waals surface area (Å²) >= 11 is 18.4. The van der Waals surface area contributed by atoms with Crippen LogP contribution >= 0.6 is 34.8 Å². The van der Waals surface area contributed by atoms with Gasteiger partial charge in [0.1, 0.15) is 23.6 Å². The van der Waals surface area contributed by atoms with Crippen molar-refractivity contribution in [3.05, 3.63) is 92.9 Å². The summed E-state index contributed by atoms with van der Waals surface area (Å²) in [5.41, 5.74) is 1.02. The van der Waals surface area contributed by atoms with E-state index in [9.17, 15) is 27.6 Å². The molecular weight excluding hydrogens is 644 g/mol. The van der Waals surface area contributed by atoms with E-state index in [0.29, 0.717) is 27.6 Å². The first-order valence-electron chi connectivity index (χ1n) is 13.4. The molecule has 44 heavy (non-hydrogen) atoms. The number of hydrogen-bond donors (Lipinski definition) is 2. The summed E-state index contributed by atoms with van der Waals surface area (Å²) in [6.07, 6.45) is -6.53. The number of rotatable bonds is 13. The maximum Gasteiger partial charge on any atom is 0.452 e. The largest absolute Gasteiger partial charge is 0.497 e. The van der Waals surface area contributed by atoms with Crippen LogP contribution in [-0.2, 0) is 20.8 Å². The Bertz CT molecular complexity index is 1470. The highest BCUT2D eigenvalue weighted by Crippen LogP contribution is 2.31. The van der Waals surface area contributed by atoms with Gasteiger partial charge in [-0.1, -0.05) is 66.8 Å². The van der Waals surface area contributed by atoms with Crippen molar-refractivity contribution in [2.75, 3.05) is 7.11 Å². The van der Waals surface area contributed by atoms with Crippen LogP contribution in [0.2, 0.25) is 15.1 Å². The van der Waals surface area contributed by atoms with Crippen LogP contribution < -0.4 is 20.1 Å². The third kappa shape index (κ3) is 10.0. The van der Waals surface area contributed by atoms with Gasteiger partial charge in [-0.3, -0.25) is 14.4 Å². The first-order chi connectivity index (χ1) is 20.7. The minimum absolute atomic E-state index is 0.125. The number of alkyl halides is 3. The van der Waals surface area contributed by atoms with Gasteiger partial charge < -0.3 is 20.1 Å². The van der Waals surface area contributed by atoms with Gasteiger partial charge in [-0.25, -0.2) is 0 Å². The van der Waals surface area contributed by atoms with E-state index in [4.69, 9.17) is 44.3 Å². The van der Waals surface area contributed by atoms with Crippen LogP contribution in [0.1, 0.15) is 37.5 Å². The summed E-state index contributed by atoms with van der Waals surface area (Å²) < 4.78 is 51.1. The molecule has 0 saturated heterocycles. The Morgan fingerprint density at radius 3 is 2.09 bits per heavy atom. The number of carbonyl (C=O) groups is 3. The standard InChI is InChI=1S/C31H30Cl3F3N2O5/c1-17(2)28(29(41)31(35,36)37)39-30(42)25(14-18-5-4-6-20(32)13-18)38-27(40)16-26(19-7-12-23(33)24(34)15-19)44-22-10-8-21(43-3)9-11-22/h4-13,15,17,25-26,28H,14,16H2,1-3H3,(H,38,40)(H,39,42)/t25?,26?,28-/m0/s1. The number of amides is 2. The van der Waals surface area contributed by atoms with Gasteiger partial charge in [0, 0.05) is 11.4 Å². The van der Waals surface area contributed by atoms with E-state index >= 15 is 0 Å². The van der Waals surface area contributed by atoms with E-state index in [-0.39, 0.29) is 22.9 Å². The molecule has 0 aliphatic heterocycles. The van der Waals surface area contributed by atoms with E-state index in [0.717, 1.165) is 0 Å². The molecule has 0 fully saturated rings. The van der Waals surface area contributed by atoms with Crippen molar-refractivity contribution in [3.8, 4) is 11.5 Å². The smallest absolute Gasteiger partial charge is 0.452 e. The first kappa shape index (κ1) is 35.0. The fourth-order valence-electron chi connectivity index (χ4n) is 4.25. The molecule has 0 aliphatic carbocycles. The summed E-state index contributed by atoms with van der Waals surface area (Å²) in [7, 11) is 1.51. The summed E-state index contributed by atoms with van der Waals surface area (Å²) in [5, 5.41) is 5.64.